The SMILES string of the molecule is O=C(O)C1CNC(=O)C1(F)F. The highest BCUT2D eigenvalue weighted by atomic mass is 19.3. The molecular formula is C5H5F2NO3. The van der Waals surface area contributed by atoms with Crippen LogP contribution in [0.15, 0.2) is 0 Å². The van der Waals surface area contributed by atoms with Crippen molar-refractivity contribution in [3.63, 3.8) is 0 Å². The largest absolute Gasteiger partial charge is 0.481 e. The van der Waals surface area contributed by atoms with Crippen molar-refractivity contribution in [3.05, 3.63) is 0 Å². The number of carboxylic acid groups (broad SMARTS) is 1. The molecule has 0 aromatic heterocycles. The Morgan fingerprint density at radius 1 is 1.73 bits per heavy atom. The molecule has 4 nitrogen and oxygen atoms in total. The number of halogens is 2. The molecule has 1 unspecified atom stereocenters. The third-order valence-electron chi connectivity index (χ3n) is 1.51. The summed E-state index contributed by atoms with van der Waals surface area (Å²) < 4.78 is 24.9. The van der Waals surface area contributed by atoms with Crippen LogP contribution in [0.25, 0.3) is 0 Å². The number of carbonyl (C=O) groups excluding carboxylic acids is 1. The van der Waals surface area contributed by atoms with Gasteiger partial charge in [-0.1, -0.05) is 0 Å². The van der Waals surface area contributed by atoms with Crippen molar-refractivity contribution in [3.8, 4) is 0 Å². The first kappa shape index (κ1) is 7.90. The molecule has 0 aliphatic carbocycles. The number of aliphatic carboxylic acids is 1. The highest BCUT2D eigenvalue weighted by Gasteiger charge is 2.56. The number of hydrogen-bond acceptors (Lipinski definition) is 2. The minimum atomic E-state index is -3.76. The predicted molar refractivity (Wildman–Crippen MR) is 29.1 cm³/mol. The van der Waals surface area contributed by atoms with Crippen LogP contribution in [-0.2, 0) is 9.59 Å². The van der Waals surface area contributed by atoms with Gasteiger partial charge >= 0.3 is 11.9 Å². The Labute approximate surface area is 60.2 Å². The van der Waals surface area contributed by atoms with E-state index in [-0.39, 0.29) is 0 Å². The lowest BCUT2D eigenvalue weighted by atomic mass is 10.1. The predicted octanol–water partition coefficient (Wildman–Crippen LogP) is -0.548. The third kappa shape index (κ3) is 1.04. The Kier molecular flexibility index (Phi) is 1.54. The fourth-order valence-corrected chi connectivity index (χ4v) is 0.841. The van der Waals surface area contributed by atoms with Gasteiger partial charge in [0.05, 0.1) is 0 Å². The molecule has 1 aliphatic rings. The summed E-state index contributed by atoms with van der Waals surface area (Å²) in [6.07, 6.45) is 0. The topological polar surface area (TPSA) is 66.4 Å². The standard InChI is InChI=1S/C5H5F2NO3/c6-5(7)2(3(9)10)1-8-4(5)11/h2H,1H2,(H,8,11)(H,9,10). The monoisotopic (exact) mass is 165 g/mol. The second-order valence-electron chi connectivity index (χ2n) is 2.22. The lowest BCUT2D eigenvalue weighted by Gasteiger charge is -2.09. The summed E-state index contributed by atoms with van der Waals surface area (Å²) in [5.74, 6) is -8.85. The molecule has 1 atom stereocenters. The fourth-order valence-electron chi connectivity index (χ4n) is 0.841. The maximum absolute atomic E-state index is 12.5. The quantitative estimate of drug-likeness (QED) is 0.548. The average Bonchev–Trinajstić information content (AvgIpc) is 2.08. The number of nitrogens with one attached hydrogen (secondary N) is 1. The van der Waals surface area contributed by atoms with Gasteiger partial charge < -0.3 is 10.4 Å². The van der Waals surface area contributed by atoms with Crippen molar-refractivity contribution >= 4 is 11.9 Å². The highest BCUT2D eigenvalue weighted by Crippen LogP contribution is 2.28. The molecule has 62 valence electrons. The lowest BCUT2D eigenvalue weighted by Crippen LogP contribution is -2.36. The van der Waals surface area contributed by atoms with Gasteiger partial charge in [0.25, 0.3) is 5.91 Å². The highest BCUT2D eigenvalue weighted by molar-refractivity contribution is 5.92. The van der Waals surface area contributed by atoms with E-state index >= 15 is 0 Å². The summed E-state index contributed by atoms with van der Waals surface area (Å²) in [5, 5.41) is 9.97. The van der Waals surface area contributed by atoms with Crippen molar-refractivity contribution in [1.82, 2.24) is 5.32 Å². The molecule has 1 saturated heterocycles. The van der Waals surface area contributed by atoms with E-state index in [4.69, 9.17) is 5.11 Å². The normalized spacial score (nSPS) is 28.2. The summed E-state index contributed by atoms with van der Waals surface area (Å²) >= 11 is 0. The van der Waals surface area contributed by atoms with E-state index in [2.05, 4.69) is 0 Å². The Morgan fingerprint density at radius 2 is 2.27 bits per heavy atom. The number of amides is 1. The molecule has 0 spiro atoms. The van der Waals surface area contributed by atoms with Crippen molar-refractivity contribution in [2.24, 2.45) is 5.92 Å². The molecule has 1 aliphatic heterocycles. The van der Waals surface area contributed by atoms with Crippen LogP contribution >= 0.6 is 0 Å². The van der Waals surface area contributed by atoms with Crippen LogP contribution in [0.5, 0.6) is 0 Å². The van der Waals surface area contributed by atoms with Crippen molar-refractivity contribution in [1.29, 1.82) is 0 Å². The van der Waals surface area contributed by atoms with E-state index < -0.39 is 30.3 Å². The van der Waals surface area contributed by atoms with E-state index in [1.807, 2.05) is 0 Å². The zero-order chi connectivity index (χ0) is 8.65. The molecule has 2 N–H and O–H groups in total. The van der Waals surface area contributed by atoms with Crippen LogP contribution in [-0.4, -0.2) is 29.5 Å². The number of hydrogen-bond donors (Lipinski definition) is 2. The molecule has 0 aromatic carbocycles. The fraction of sp³-hybridized carbons (Fsp3) is 0.600. The van der Waals surface area contributed by atoms with Gasteiger partial charge in [-0.05, 0) is 0 Å². The van der Waals surface area contributed by atoms with Crippen molar-refractivity contribution in [2.45, 2.75) is 5.92 Å². The van der Waals surface area contributed by atoms with Gasteiger partial charge in [-0.3, -0.25) is 9.59 Å². The van der Waals surface area contributed by atoms with Gasteiger partial charge in [0.15, 0.2) is 0 Å². The molecule has 1 amide bonds. The van der Waals surface area contributed by atoms with E-state index in [1.165, 1.54) is 0 Å². The van der Waals surface area contributed by atoms with E-state index in [9.17, 15) is 18.4 Å². The Hall–Kier alpha value is -1.20. The Bertz CT molecular complexity index is 216. The van der Waals surface area contributed by atoms with Crippen LogP contribution in [0.2, 0.25) is 0 Å². The molecule has 0 radical (unpaired) electrons. The minimum absolute atomic E-state index is 0.499. The van der Waals surface area contributed by atoms with Gasteiger partial charge in [-0.2, -0.15) is 8.78 Å². The molecule has 11 heavy (non-hydrogen) atoms. The molecule has 6 heteroatoms. The second-order valence-corrected chi connectivity index (χ2v) is 2.22. The maximum Gasteiger partial charge on any atom is 0.339 e. The van der Waals surface area contributed by atoms with Crippen molar-refractivity contribution in [2.75, 3.05) is 6.54 Å². The average molecular weight is 165 g/mol. The number of alkyl halides is 2. The molecule has 1 fully saturated rings. The minimum Gasteiger partial charge on any atom is -0.481 e. The van der Waals surface area contributed by atoms with Gasteiger partial charge in [0, 0.05) is 6.54 Å². The molecular weight excluding hydrogens is 160 g/mol. The van der Waals surface area contributed by atoms with Gasteiger partial charge in [0.2, 0.25) is 0 Å². The Morgan fingerprint density at radius 3 is 2.45 bits per heavy atom. The van der Waals surface area contributed by atoms with Crippen LogP contribution < -0.4 is 5.32 Å². The van der Waals surface area contributed by atoms with E-state index in [0.29, 0.717) is 0 Å². The smallest absolute Gasteiger partial charge is 0.339 e. The summed E-state index contributed by atoms with van der Waals surface area (Å²) in [4.78, 5) is 20.4. The van der Waals surface area contributed by atoms with Crippen molar-refractivity contribution < 1.29 is 23.5 Å². The lowest BCUT2D eigenvalue weighted by molar-refractivity contribution is -0.160. The third-order valence-corrected chi connectivity index (χ3v) is 1.51. The summed E-state index contributed by atoms with van der Waals surface area (Å²) in [6, 6.07) is 0. The molecule has 0 saturated carbocycles. The molecule has 1 heterocycles. The zero-order valence-corrected chi connectivity index (χ0v) is 5.30. The number of carbonyl (C=O) groups is 2. The molecule has 0 aromatic rings. The van der Waals surface area contributed by atoms with E-state index in [0.717, 1.165) is 0 Å². The Balaban J connectivity index is 2.87. The van der Waals surface area contributed by atoms with Crippen LogP contribution in [0.3, 0.4) is 0 Å². The zero-order valence-electron chi connectivity index (χ0n) is 5.30. The summed E-state index contributed by atoms with van der Waals surface area (Å²) in [7, 11) is 0. The number of carboxylic acids is 1. The molecule has 0 bridgehead atoms. The maximum atomic E-state index is 12.5. The van der Waals surface area contributed by atoms with Crippen LogP contribution in [0.1, 0.15) is 0 Å². The summed E-state index contributed by atoms with van der Waals surface area (Å²) in [5.41, 5.74) is 0. The summed E-state index contributed by atoms with van der Waals surface area (Å²) in [6.45, 7) is -0.499. The first-order valence-corrected chi connectivity index (χ1v) is 2.85. The van der Waals surface area contributed by atoms with Crippen LogP contribution in [0.4, 0.5) is 8.78 Å². The first-order valence-electron chi connectivity index (χ1n) is 2.85. The second kappa shape index (κ2) is 2.14. The number of rotatable bonds is 1. The molecule has 1 rings (SSSR count). The van der Waals surface area contributed by atoms with Gasteiger partial charge in [-0.15, -0.1) is 0 Å². The van der Waals surface area contributed by atoms with E-state index in [1.54, 1.807) is 5.32 Å². The van der Waals surface area contributed by atoms with Crippen LogP contribution in [0, 0.1) is 5.92 Å². The first-order chi connectivity index (χ1) is 4.96. The van der Waals surface area contributed by atoms with Gasteiger partial charge in [-0.25, -0.2) is 0 Å². The van der Waals surface area contributed by atoms with Gasteiger partial charge in [0.1, 0.15) is 5.92 Å².